The Balaban J connectivity index is 1.63. The summed E-state index contributed by atoms with van der Waals surface area (Å²) in [6.07, 6.45) is 6.01. The van der Waals surface area contributed by atoms with E-state index in [0.29, 0.717) is 6.04 Å². The number of aromatic nitrogens is 2. The summed E-state index contributed by atoms with van der Waals surface area (Å²) in [5.41, 5.74) is 3.03. The Kier molecular flexibility index (Phi) is 4.05. The van der Waals surface area contributed by atoms with Crippen LogP contribution >= 0.6 is 11.6 Å². The Morgan fingerprint density at radius 2 is 2.29 bits per heavy atom. The standard InChI is InChI=1S/C17H22ClN3/c1-17(2)12-13-5-6-14(18)11-15(13)16(17)19-7-3-9-21-10-4-8-20-21/h4-6,8,10-11,16,19H,3,7,9,12H2,1-2H3. The molecule has 0 amide bonds. The fourth-order valence-electron chi connectivity index (χ4n) is 3.32. The maximum absolute atomic E-state index is 6.17. The number of halogens is 1. The van der Waals surface area contributed by atoms with E-state index in [2.05, 4.69) is 36.4 Å². The molecule has 0 fully saturated rings. The fourth-order valence-corrected chi connectivity index (χ4v) is 3.50. The Bertz CT molecular complexity index is 605. The summed E-state index contributed by atoms with van der Waals surface area (Å²) in [5.74, 6) is 0. The van der Waals surface area contributed by atoms with Gasteiger partial charge in [0, 0.05) is 30.0 Å². The van der Waals surface area contributed by atoms with E-state index in [1.54, 1.807) is 0 Å². The number of nitrogens with one attached hydrogen (secondary N) is 1. The number of rotatable bonds is 5. The van der Waals surface area contributed by atoms with Gasteiger partial charge in [0.05, 0.1) is 0 Å². The van der Waals surface area contributed by atoms with Gasteiger partial charge in [-0.3, -0.25) is 4.68 Å². The van der Waals surface area contributed by atoms with Crippen LogP contribution in [0.3, 0.4) is 0 Å². The summed E-state index contributed by atoms with van der Waals surface area (Å²) in [7, 11) is 0. The molecule has 0 radical (unpaired) electrons. The van der Waals surface area contributed by atoms with Crippen LogP contribution in [0.5, 0.6) is 0 Å². The molecule has 21 heavy (non-hydrogen) atoms. The lowest BCUT2D eigenvalue weighted by molar-refractivity contribution is 0.267. The Labute approximate surface area is 131 Å². The molecule has 1 aliphatic rings. The highest BCUT2D eigenvalue weighted by Gasteiger charge is 2.38. The normalized spacial score (nSPS) is 19.7. The van der Waals surface area contributed by atoms with Gasteiger partial charge in [-0.2, -0.15) is 5.10 Å². The van der Waals surface area contributed by atoms with Crippen LogP contribution in [0.2, 0.25) is 5.02 Å². The van der Waals surface area contributed by atoms with Gasteiger partial charge in [-0.15, -0.1) is 0 Å². The molecule has 1 heterocycles. The molecule has 1 aromatic heterocycles. The Morgan fingerprint density at radius 3 is 3.05 bits per heavy atom. The van der Waals surface area contributed by atoms with Crippen LogP contribution in [0.25, 0.3) is 0 Å². The third-order valence-corrected chi connectivity index (χ3v) is 4.55. The van der Waals surface area contributed by atoms with Gasteiger partial charge in [-0.25, -0.2) is 0 Å². The van der Waals surface area contributed by atoms with Crippen molar-refractivity contribution in [1.29, 1.82) is 0 Å². The lowest BCUT2D eigenvalue weighted by Crippen LogP contribution is -2.32. The number of hydrogen-bond donors (Lipinski definition) is 1. The first-order valence-electron chi connectivity index (χ1n) is 7.55. The highest BCUT2D eigenvalue weighted by atomic mass is 35.5. The van der Waals surface area contributed by atoms with E-state index in [4.69, 9.17) is 11.6 Å². The van der Waals surface area contributed by atoms with Crippen LogP contribution in [0.15, 0.2) is 36.7 Å². The third-order valence-electron chi connectivity index (χ3n) is 4.32. The van der Waals surface area contributed by atoms with Gasteiger partial charge in [0.15, 0.2) is 0 Å². The Hall–Kier alpha value is -1.32. The molecule has 3 rings (SSSR count). The minimum atomic E-state index is 0.235. The van der Waals surface area contributed by atoms with Crippen molar-refractivity contribution in [2.75, 3.05) is 6.54 Å². The van der Waals surface area contributed by atoms with Crippen molar-refractivity contribution in [1.82, 2.24) is 15.1 Å². The molecule has 3 nitrogen and oxygen atoms in total. The number of benzene rings is 1. The van der Waals surface area contributed by atoms with E-state index in [-0.39, 0.29) is 5.41 Å². The topological polar surface area (TPSA) is 29.9 Å². The molecule has 112 valence electrons. The minimum absolute atomic E-state index is 0.235. The molecule has 1 unspecified atom stereocenters. The van der Waals surface area contributed by atoms with Crippen molar-refractivity contribution in [2.45, 2.75) is 39.3 Å². The summed E-state index contributed by atoms with van der Waals surface area (Å²) in [5, 5.41) is 8.78. The number of hydrogen-bond acceptors (Lipinski definition) is 2. The molecule has 0 aliphatic heterocycles. The highest BCUT2D eigenvalue weighted by molar-refractivity contribution is 6.30. The van der Waals surface area contributed by atoms with Crippen molar-refractivity contribution in [3.05, 3.63) is 52.8 Å². The molecule has 0 saturated carbocycles. The van der Waals surface area contributed by atoms with Crippen molar-refractivity contribution >= 4 is 11.6 Å². The largest absolute Gasteiger partial charge is 0.309 e. The maximum Gasteiger partial charge on any atom is 0.0489 e. The fraction of sp³-hybridized carbons (Fsp3) is 0.471. The second-order valence-electron chi connectivity index (χ2n) is 6.52. The molecule has 1 aromatic carbocycles. The van der Waals surface area contributed by atoms with Crippen molar-refractivity contribution in [2.24, 2.45) is 5.41 Å². The van der Waals surface area contributed by atoms with Crippen LogP contribution in [-0.4, -0.2) is 16.3 Å². The molecular weight excluding hydrogens is 282 g/mol. The summed E-state index contributed by atoms with van der Waals surface area (Å²) in [6, 6.07) is 8.63. The summed E-state index contributed by atoms with van der Waals surface area (Å²) in [4.78, 5) is 0. The van der Waals surface area contributed by atoms with E-state index >= 15 is 0 Å². The number of fused-ring (bicyclic) bond motifs is 1. The molecule has 4 heteroatoms. The van der Waals surface area contributed by atoms with Crippen LogP contribution in [0.1, 0.15) is 37.4 Å². The third kappa shape index (κ3) is 3.14. The minimum Gasteiger partial charge on any atom is -0.309 e. The first kappa shape index (κ1) is 14.6. The average molecular weight is 304 g/mol. The first-order valence-corrected chi connectivity index (χ1v) is 7.93. The Morgan fingerprint density at radius 1 is 1.43 bits per heavy atom. The summed E-state index contributed by atoms with van der Waals surface area (Å²) < 4.78 is 1.98. The van der Waals surface area contributed by atoms with Crippen LogP contribution in [0, 0.1) is 5.41 Å². The van der Waals surface area contributed by atoms with E-state index in [0.717, 1.165) is 31.0 Å². The van der Waals surface area contributed by atoms with Gasteiger partial charge >= 0.3 is 0 Å². The molecule has 1 N–H and O–H groups in total. The molecule has 0 bridgehead atoms. The van der Waals surface area contributed by atoms with E-state index < -0.39 is 0 Å². The monoisotopic (exact) mass is 303 g/mol. The SMILES string of the molecule is CC1(C)Cc2ccc(Cl)cc2C1NCCCn1cccn1. The van der Waals surface area contributed by atoms with Crippen LogP contribution in [-0.2, 0) is 13.0 Å². The summed E-state index contributed by atoms with van der Waals surface area (Å²) in [6.45, 7) is 6.59. The maximum atomic E-state index is 6.17. The lowest BCUT2D eigenvalue weighted by atomic mass is 9.85. The molecule has 2 aromatic rings. The first-order chi connectivity index (χ1) is 10.1. The molecule has 0 spiro atoms. The highest BCUT2D eigenvalue weighted by Crippen LogP contribution is 2.45. The van der Waals surface area contributed by atoms with E-state index in [1.165, 1.54) is 11.1 Å². The van der Waals surface area contributed by atoms with Crippen LogP contribution in [0.4, 0.5) is 0 Å². The van der Waals surface area contributed by atoms with Gasteiger partial charge < -0.3 is 5.32 Å². The van der Waals surface area contributed by atoms with Gasteiger partial charge in [-0.05, 0) is 54.1 Å². The van der Waals surface area contributed by atoms with Crippen molar-refractivity contribution < 1.29 is 0 Å². The molecular formula is C17H22ClN3. The van der Waals surface area contributed by atoms with Gasteiger partial charge in [0.2, 0.25) is 0 Å². The molecule has 1 aliphatic carbocycles. The average Bonchev–Trinajstić information content (AvgIpc) is 3.01. The van der Waals surface area contributed by atoms with Crippen molar-refractivity contribution in [3.8, 4) is 0 Å². The van der Waals surface area contributed by atoms with Gasteiger partial charge in [-0.1, -0.05) is 31.5 Å². The summed E-state index contributed by atoms with van der Waals surface area (Å²) >= 11 is 6.17. The molecule has 1 atom stereocenters. The van der Waals surface area contributed by atoms with Crippen LogP contribution < -0.4 is 5.32 Å². The zero-order chi connectivity index (χ0) is 14.9. The smallest absolute Gasteiger partial charge is 0.0489 e. The predicted octanol–water partition coefficient (Wildman–Crippen LogP) is 3.84. The van der Waals surface area contributed by atoms with Gasteiger partial charge in [0.25, 0.3) is 0 Å². The zero-order valence-corrected chi connectivity index (χ0v) is 13.4. The lowest BCUT2D eigenvalue weighted by Gasteiger charge is -2.28. The van der Waals surface area contributed by atoms with E-state index in [9.17, 15) is 0 Å². The second-order valence-corrected chi connectivity index (χ2v) is 6.95. The number of nitrogens with zero attached hydrogens (tertiary/aromatic N) is 2. The second kappa shape index (κ2) is 5.82. The van der Waals surface area contributed by atoms with Crippen molar-refractivity contribution in [3.63, 3.8) is 0 Å². The predicted molar refractivity (Wildman–Crippen MR) is 86.5 cm³/mol. The van der Waals surface area contributed by atoms with E-state index in [1.807, 2.05) is 29.2 Å². The quantitative estimate of drug-likeness (QED) is 0.851. The number of aryl methyl sites for hydroxylation is 1. The zero-order valence-electron chi connectivity index (χ0n) is 12.6. The van der Waals surface area contributed by atoms with Gasteiger partial charge in [0.1, 0.15) is 0 Å². The molecule has 0 saturated heterocycles.